The van der Waals surface area contributed by atoms with E-state index in [0.29, 0.717) is 5.69 Å². The summed E-state index contributed by atoms with van der Waals surface area (Å²) in [6.07, 6.45) is 3.69. The van der Waals surface area contributed by atoms with Crippen LogP contribution in [0.1, 0.15) is 47.3 Å². The molecule has 1 N–H and O–H groups in total. The maximum atomic E-state index is 12.8. The van der Waals surface area contributed by atoms with Gasteiger partial charge in [0.1, 0.15) is 10.7 Å². The second-order valence-electron chi connectivity index (χ2n) is 6.52. The minimum absolute atomic E-state index is 0.0303. The number of aliphatic hydroxyl groups is 1. The molecule has 1 fully saturated rings. The van der Waals surface area contributed by atoms with Crippen molar-refractivity contribution in [3.8, 4) is 10.6 Å². The summed E-state index contributed by atoms with van der Waals surface area (Å²) in [6, 6.07) is 6.55. The Morgan fingerprint density at radius 3 is 3.00 bits per heavy atom. The van der Waals surface area contributed by atoms with Gasteiger partial charge in [-0.25, -0.2) is 4.98 Å². The first-order valence-corrected chi connectivity index (χ1v) is 9.43. The molecule has 1 aromatic heterocycles. The van der Waals surface area contributed by atoms with Gasteiger partial charge in [0, 0.05) is 30.1 Å². The van der Waals surface area contributed by atoms with Crippen LogP contribution in [0.3, 0.4) is 0 Å². The molecule has 2 aromatic rings. The molecule has 4 nitrogen and oxygen atoms in total. The van der Waals surface area contributed by atoms with E-state index in [2.05, 4.69) is 37.0 Å². The number of aryl methyl sites for hydroxylation is 2. The molecule has 0 aliphatic carbocycles. The van der Waals surface area contributed by atoms with Crippen LogP contribution in [-0.4, -0.2) is 40.1 Å². The molecule has 3 rings (SSSR count). The van der Waals surface area contributed by atoms with Gasteiger partial charge in [0.15, 0.2) is 0 Å². The Balaban J connectivity index is 1.78. The van der Waals surface area contributed by atoms with E-state index in [4.69, 9.17) is 5.11 Å². The Hall–Kier alpha value is -1.72. The number of rotatable bonds is 5. The molecule has 1 atom stereocenters. The molecule has 1 amide bonds. The van der Waals surface area contributed by atoms with E-state index in [-0.39, 0.29) is 18.6 Å². The minimum atomic E-state index is 0.0303. The molecule has 0 radical (unpaired) electrons. The van der Waals surface area contributed by atoms with E-state index < -0.39 is 0 Å². The fraction of sp³-hybridized carbons (Fsp3) is 0.474. The number of aliphatic hydroxyl groups excluding tert-OH is 1. The molecule has 0 saturated carbocycles. The van der Waals surface area contributed by atoms with E-state index in [0.717, 1.165) is 42.8 Å². The van der Waals surface area contributed by atoms with Gasteiger partial charge in [0.05, 0.1) is 0 Å². The van der Waals surface area contributed by atoms with Crippen molar-refractivity contribution >= 4 is 17.2 Å². The highest BCUT2D eigenvalue weighted by molar-refractivity contribution is 7.13. The van der Waals surface area contributed by atoms with Crippen molar-refractivity contribution in [2.45, 2.75) is 45.6 Å². The van der Waals surface area contributed by atoms with Gasteiger partial charge in [-0.05, 0) is 45.1 Å². The average Bonchev–Trinajstić information content (AvgIpc) is 3.21. The molecule has 1 aromatic carbocycles. The molecule has 5 heteroatoms. The zero-order valence-electron chi connectivity index (χ0n) is 14.3. The molecular formula is C19H24N2O2S. The summed E-state index contributed by atoms with van der Waals surface area (Å²) in [7, 11) is 0. The van der Waals surface area contributed by atoms with Gasteiger partial charge in [-0.3, -0.25) is 4.79 Å². The van der Waals surface area contributed by atoms with Crippen LogP contribution in [0, 0.1) is 13.8 Å². The van der Waals surface area contributed by atoms with Crippen molar-refractivity contribution in [1.29, 1.82) is 0 Å². The summed E-state index contributed by atoms with van der Waals surface area (Å²) in [5, 5.41) is 11.8. The van der Waals surface area contributed by atoms with Crippen LogP contribution in [0.25, 0.3) is 10.6 Å². The third-order valence-electron chi connectivity index (χ3n) is 4.67. The molecule has 24 heavy (non-hydrogen) atoms. The molecule has 2 heterocycles. The highest BCUT2D eigenvalue weighted by Gasteiger charge is 2.30. The highest BCUT2D eigenvalue weighted by Crippen LogP contribution is 2.29. The molecule has 128 valence electrons. The lowest BCUT2D eigenvalue weighted by Crippen LogP contribution is -2.35. The lowest BCUT2D eigenvalue weighted by Gasteiger charge is -2.23. The fourth-order valence-corrected chi connectivity index (χ4v) is 4.31. The number of hydrogen-bond acceptors (Lipinski definition) is 4. The third kappa shape index (κ3) is 3.52. The standard InChI is InChI=1S/C19H24N2O2S/c1-13-7-8-16(14(2)11-13)18-20-17(12-24-18)19(23)21-9-3-5-15(21)6-4-10-22/h7-8,11-12,15,22H,3-6,9-10H2,1-2H3. The van der Waals surface area contributed by atoms with Crippen LogP contribution in [-0.2, 0) is 0 Å². The summed E-state index contributed by atoms with van der Waals surface area (Å²) >= 11 is 1.53. The number of benzene rings is 1. The number of likely N-dealkylation sites (tertiary alicyclic amines) is 1. The number of amides is 1. The van der Waals surface area contributed by atoms with Crippen LogP contribution < -0.4 is 0 Å². The topological polar surface area (TPSA) is 53.4 Å². The Morgan fingerprint density at radius 1 is 1.42 bits per heavy atom. The lowest BCUT2D eigenvalue weighted by atomic mass is 10.1. The molecule has 0 spiro atoms. The zero-order valence-corrected chi connectivity index (χ0v) is 15.1. The van der Waals surface area contributed by atoms with Gasteiger partial charge < -0.3 is 10.0 Å². The van der Waals surface area contributed by atoms with Crippen LogP contribution in [0.2, 0.25) is 0 Å². The number of carbonyl (C=O) groups is 1. The number of hydrogen-bond donors (Lipinski definition) is 1. The smallest absolute Gasteiger partial charge is 0.273 e. The molecule has 1 aliphatic heterocycles. The molecule has 1 unspecified atom stereocenters. The maximum absolute atomic E-state index is 12.8. The first-order valence-electron chi connectivity index (χ1n) is 8.55. The second-order valence-corrected chi connectivity index (χ2v) is 7.37. The fourth-order valence-electron chi connectivity index (χ4n) is 3.43. The summed E-state index contributed by atoms with van der Waals surface area (Å²) < 4.78 is 0. The third-order valence-corrected chi connectivity index (χ3v) is 5.54. The Bertz CT molecular complexity index is 726. The van der Waals surface area contributed by atoms with E-state index in [1.54, 1.807) is 0 Å². The van der Waals surface area contributed by atoms with Crippen LogP contribution in [0.4, 0.5) is 0 Å². The minimum Gasteiger partial charge on any atom is -0.396 e. The Morgan fingerprint density at radius 2 is 2.25 bits per heavy atom. The lowest BCUT2D eigenvalue weighted by molar-refractivity contribution is 0.0719. The molecule has 0 bridgehead atoms. The monoisotopic (exact) mass is 344 g/mol. The molecule has 1 saturated heterocycles. The molecule has 1 aliphatic rings. The van der Waals surface area contributed by atoms with E-state index >= 15 is 0 Å². The van der Waals surface area contributed by atoms with Gasteiger partial charge in [0.2, 0.25) is 0 Å². The number of aromatic nitrogens is 1. The number of thiazole rings is 1. The Kier molecular flexibility index (Phi) is 5.31. The van der Waals surface area contributed by atoms with E-state index in [9.17, 15) is 4.79 Å². The van der Waals surface area contributed by atoms with Crippen molar-refractivity contribution in [2.24, 2.45) is 0 Å². The SMILES string of the molecule is Cc1ccc(-c2nc(C(=O)N3CCCC3CCCO)cs2)c(C)c1. The summed E-state index contributed by atoms with van der Waals surface area (Å²) in [5.74, 6) is 0.0303. The summed E-state index contributed by atoms with van der Waals surface area (Å²) in [5.41, 5.74) is 4.06. The number of carbonyl (C=O) groups excluding carboxylic acids is 1. The normalized spacial score (nSPS) is 17.5. The largest absolute Gasteiger partial charge is 0.396 e. The van der Waals surface area contributed by atoms with Crippen LogP contribution in [0.5, 0.6) is 0 Å². The second kappa shape index (κ2) is 7.45. The van der Waals surface area contributed by atoms with Gasteiger partial charge in [-0.2, -0.15) is 0 Å². The van der Waals surface area contributed by atoms with Gasteiger partial charge in [0.25, 0.3) is 5.91 Å². The zero-order chi connectivity index (χ0) is 17.1. The number of nitrogens with zero attached hydrogens (tertiary/aromatic N) is 2. The predicted octanol–water partition coefficient (Wildman–Crippen LogP) is 3.80. The van der Waals surface area contributed by atoms with E-state index in [1.807, 2.05) is 10.3 Å². The summed E-state index contributed by atoms with van der Waals surface area (Å²) in [6.45, 7) is 5.14. The van der Waals surface area contributed by atoms with Gasteiger partial charge >= 0.3 is 0 Å². The predicted molar refractivity (Wildman–Crippen MR) is 97.4 cm³/mol. The first-order chi connectivity index (χ1) is 11.6. The summed E-state index contributed by atoms with van der Waals surface area (Å²) in [4.78, 5) is 19.4. The quantitative estimate of drug-likeness (QED) is 0.897. The van der Waals surface area contributed by atoms with E-state index in [1.165, 1.54) is 22.5 Å². The van der Waals surface area contributed by atoms with Crippen molar-refractivity contribution < 1.29 is 9.90 Å². The average molecular weight is 344 g/mol. The van der Waals surface area contributed by atoms with Crippen molar-refractivity contribution in [2.75, 3.05) is 13.2 Å². The van der Waals surface area contributed by atoms with Gasteiger partial charge in [-0.1, -0.05) is 23.8 Å². The Labute approximate surface area is 147 Å². The first kappa shape index (κ1) is 17.1. The highest BCUT2D eigenvalue weighted by atomic mass is 32.1. The maximum Gasteiger partial charge on any atom is 0.273 e. The van der Waals surface area contributed by atoms with Crippen molar-refractivity contribution in [3.63, 3.8) is 0 Å². The van der Waals surface area contributed by atoms with Gasteiger partial charge in [-0.15, -0.1) is 11.3 Å². The van der Waals surface area contributed by atoms with Crippen LogP contribution in [0.15, 0.2) is 23.6 Å². The molecular weight excluding hydrogens is 320 g/mol. The van der Waals surface area contributed by atoms with Crippen LogP contribution >= 0.6 is 11.3 Å². The van der Waals surface area contributed by atoms with Crippen molar-refractivity contribution in [3.05, 3.63) is 40.4 Å². The van der Waals surface area contributed by atoms with Crippen molar-refractivity contribution in [1.82, 2.24) is 9.88 Å².